The van der Waals surface area contributed by atoms with Crippen molar-refractivity contribution in [3.05, 3.63) is 70.8 Å². The van der Waals surface area contributed by atoms with Crippen LogP contribution in [-0.4, -0.2) is 26.2 Å². The number of hydrogen-bond acceptors (Lipinski definition) is 3. The van der Waals surface area contributed by atoms with Crippen LogP contribution in [0.3, 0.4) is 0 Å². The van der Waals surface area contributed by atoms with E-state index in [1.807, 2.05) is 6.92 Å². The first kappa shape index (κ1) is 19.5. The average molecular weight is 382 g/mol. The minimum Gasteiger partial charge on any atom is -0.354 e. The second-order valence-corrected chi connectivity index (χ2v) is 6.72. The summed E-state index contributed by atoms with van der Waals surface area (Å²) in [6, 6.07) is 4.80. The van der Waals surface area contributed by atoms with Gasteiger partial charge in [0.25, 0.3) is 5.91 Å². The largest absolute Gasteiger partial charge is 0.354 e. The number of ketones is 1. The molecule has 0 radical (unpaired) electrons. The summed E-state index contributed by atoms with van der Waals surface area (Å²) in [5, 5.41) is 2.81. The summed E-state index contributed by atoms with van der Waals surface area (Å²) in [7, 11) is 0. The van der Waals surface area contributed by atoms with Crippen molar-refractivity contribution in [1.82, 2.24) is 19.9 Å². The van der Waals surface area contributed by atoms with E-state index in [4.69, 9.17) is 0 Å². The Labute approximate surface area is 162 Å². The zero-order chi connectivity index (χ0) is 20.3. The third kappa shape index (κ3) is 3.88. The Hall–Kier alpha value is -3.22. The lowest BCUT2D eigenvalue weighted by molar-refractivity contribution is 0.0945. The number of rotatable bonds is 7. The first-order chi connectivity index (χ1) is 13.4. The number of amides is 1. The van der Waals surface area contributed by atoms with Crippen LogP contribution in [0, 0.1) is 12.7 Å². The second kappa shape index (κ2) is 8.21. The van der Waals surface area contributed by atoms with Crippen LogP contribution < -0.4 is 5.32 Å². The standard InChI is InChI=1S/C21H23FN4O2/c1-4-5-16-19(14(3)27)13(2)25-20(16)21(28)24-11-15-6-7-18(17(22)10-15)26-9-8-23-12-26/h6-10,12,25H,4-5,11H2,1-3H3,(H,24,28). The van der Waals surface area contributed by atoms with Crippen molar-refractivity contribution in [2.75, 3.05) is 0 Å². The highest BCUT2D eigenvalue weighted by Gasteiger charge is 2.22. The Balaban J connectivity index is 1.77. The van der Waals surface area contributed by atoms with Crippen molar-refractivity contribution in [2.24, 2.45) is 0 Å². The van der Waals surface area contributed by atoms with Gasteiger partial charge in [-0.1, -0.05) is 19.4 Å². The fraction of sp³-hybridized carbons (Fsp3) is 0.286. The molecule has 2 aromatic heterocycles. The Kier molecular flexibility index (Phi) is 5.73. The molecule has 0 saturated carbocycles. The van der Waals surface area contributed by atoms with E-state index in [1.54, 1.807) is 36.0 Å². The van der Waals surface area contributed by atoms with E-state index in [-0.39, 0.29) is 18.2 Å². The zero-order valence-corrected chi connectivity index (χ0v) is 16.2. The van der Waals surface area contributed by atoms with Crippen molar-refractivity contribution in [1.29, 1.82) is 0 Å². The Morgan fingerprint density at radius 2 is 2.11 bits per heavy atom. The molecular formula is C21H23FN4O2. The average Bonchev–Trinajstić information content (AvgIpc) is 3.28. The van der Waals surface area contributed by atoms with E-state index in [1.165, 1.54) is 19.3 Å². The summed E-state index contributed by atoms with van der Waals surface area (Å²) in [6.07, 6.45) is 6.22. The maximum absolute atomic E-state index is 14.4. The minimum absolute atomic E-state index is 0.0617. The summed E-state index contributed by atoms with van der Waals surface area (Å²) in [5.41, 5.74) is 3.46. The van der Waals surface area contributed by atoms with Gasteiger partial charge in [-0.3, -0.25) is 9.59 Å². The predicted octanol–water partition coefficient (Wildman–Crippen LogP) is 3.73. The number of aryl methyl sites for hydroxylation is 1. The van der Waals surface area contributed by atoms with Crippen LogP contribution in [0.4, 0.5) is 4.39 Å². The molecule has 1 aromatic carbocycles. The zero-order valence-electron chi connectivity index (χ0n) is 16.2. The summed E-state index contributed by atoms with van der Waals surface area (Å²) in [5.74, 6) is -0.766. The van der Waals surface area contributed by atoms with Gasteiger partial charge in [0.05, 0.1) is 12.0 Å². The fourth-order valence-corrected chi connectivity index (χ4v) is 3.39. The molecule has 2 heterocycles. The summed E-state index contributed by atoms with van der Waals surface area (Å²) in [6.45, 7) is 5.47. The van der Waals surface area contributed by atoms with Gasteiger partial charge in [0.2, 0.25) is 0 Å². The first-order valence-electron chi connectivity index (χ1n) is 9.19. The first-order valence-corrected chi connectivity index (χ1v) is 9.19. The Morgan fingerprint density at radius 1 is 1.32 bits per heavy atom. The van der Waals surface area contributed by atoms with E-state index in [2.05, 4.69) is 15.3 Å². The molecule has 7 heteroatoms. The van der Waals surface area contributed by atoms with E-state index >= 15 is 0 Å². The molecule has 0 saturated heterocycles. The molecule has 28 heavy (non-hydrogen) atoms. The van der Waals surface area contributed by atoms with Gasteiger partial charge in [-0.25, -0.2) is 9.37 Å². The molecule has 0 spiro atoms. The van der Waals surface area contributed by atoms with Crippen molar-refractivity contribution in [3.8, 4) is 5.69 Å². The molecule has 6 nitrogen and oxygen atoms in total. The van der Waals surface area contributed by atoms with Gasteiger partial charge in [-0.15, -0.1) is 0 Å². The molecule has 0 unspecified atom stereocenters. The van der Waals surface area contributed by atoms with Crippen molar-refractivity contribution in [3.63, 3.8) is 0 Å². The summed E-state index contributed by atoms with van der Waals surface area (Å²) >= 11 is 0. The summed E-state index contributed by atoms with van der Waals surface area (Å²) in [4.78, 5) is 31.6. The minimum atomic E-state index is -0.397. The van der Waals surface area contributed by atoms with E-state index in [0.717, 1.165) is 12.0 Å². The molecule has 146 valence electrons. The number of aromatic amines is 1. The maximum atomic E-state index is 14.4. The van der Waals surface area contributed by atoms with Gasteiger partial charge < -0.3 is 14.9 Å². The van der Waals surface area contributed by atoms with Gasteiger partial charge in [-0.2, -0.15) is 0 Å². The molecular weight excluding hydrogens is 359 g/mol. The van der Waals surface area contributed by atoms with Gasteiger partial charge in [0, 0.05) is 30.2 Å². The highest BCUT2D eigenvalue weighted by Crippen LogP contribution is 2.22. The van der Waals surface area contributed by atoms with E-state index in [0.29, 0.717) is 34.6 Å². The smallest absolute Gasteiger partial charge is 0.268 e. The monoisotopic (exact) mass is 382 g/mol. The number of carbonyl (C=O) groups is 2. The number of H-pyrrole nitrogens is 1. The summed E-state index contributed by atoms with van der Waals surface area (Å²) < 4.78 is 15.9. The van der Waals surface area contributed by atoms with Crippen LogP contribution in [0.2, 0.25) is 0 Å². The number of benzene rings is 1. The number of nitrogens with zero attached hydrogens (tertiary/aromatic N) is 2. The fourth-order valence-electron chi connectivity index (χ4n) is 3.39. The highest BCUT2D eigenvalue weighted by molar-refractivity contribution is 6.02. The molecule has 0 fully saturated rings. The number of Topliss-reactive ketones (excluding diaryl/α,β-unsaturated/α-hetero) is 1. The molecule has 0 atom stereocenters. The molecule has 3 aromatic rings. The third-order valence-electron chi connectivity index (χ3n) is 4.62. The lowest BCUT2D eigenvalue weighted by Crippen LogP contribution is -2.24. The molecule has 0 aliphatic rings. The van der Waals surface area contributed by atoms with Crippen LogP contribution in [0.25, 0.3) is 5.69 Å². The maximum Gasteiger partial charge on any atom is 0.268 e. The van der Waals surface area contributed by atoms with E-state index in [9.17, 15) is 14.0 Å². The van der Waals surface area contributed by atoms with Gasteiger partial charge >= 0.3 is 0 Å². The van der Waals surface area contributed by atoms with Gasteiger partial charge in [0.1, 0.15) is 11.5 Å². The Morgan fingerprint density at radius 3 is 2.71 bits per heavy atom. The van der Waals surface area contributed by atoms with Crippen molar-refractivity contribution in [2.45, 2.75) is 40.2 Å². The van der Waals surface area contributed by atoms with Crippen molar-refractivity contribution < 1.29 is 14.0 Å². The highest BCUT2D eigenvalue weighted by atomic mass is 19.1. The van der Waals surface area contributed by atoms with Crippen LogP contribution in [0.5, 0.6) is 0 Å². The normalized spacial score (nSPS) is 10.9. The Bertz CT molecular complexity index is 1010. The van der Waals surface area contributed by atoms with Crippen LogP contribution in [0.1, 0.15) is 57.9 Å². The number of hydrogen-bond donors (Lipinski definition) is 2. The molecule has 3 rings (SSSR count). The number of carbonyl (C=O) groups excluding carboxylic acids is 2. The van der Waals surface area contributed by atoms with Crippen LogP contribution in [-0.2, 0) is 13.0 Å². The predicted molar refractivity (Wildman–Crippen MR) is 104 cm³/mol. The lowest BCUT2D eigenvalue weighted by atomic mass is 10.0. The van der Waals surface area contributed by atoms with Crippen molar-refractivity contribution >= 4 is 11.7 Å². The van der Waals surface area contributed by atoms with Crippen LogP contribution in [0.15, 0.2) is 36.9 Å². The third-order valence-corrected chi connectivity index (χ3v) is 4.62. The number of nitrogens with one attached hydrogen (secondary N) is 2. The molecule has 1 amide bonds. The van der Waals surface area contributed by atoms with Gasteiger partial charge in [0.15, 0.2) is 5.78 Å². The SMILES string of the molecule is CCCc1c(C(=O)NCc2ccc(-n3ccnc3)c(F)c2)[nH]c(C)c1C(C)=O. The number of imidazole rings is 1. The molecule has 0 bridgehead atoms. The second-order valence-electron chi connectivity index (χ2n) is 6.72. The van der Waals surface area contributed by atoms with Gasteiger partial charge in [-0.05, 0) is 43.5 Å². The number of aromatic nitrogens is 3. The number of halogens is 1. The lowest BCUT2D eigenvalue weighted by Gasteiger charge is -2.09. The quantitative estimate of drug-likeness (QED) is 0.611. The molecule has 0 aliphatic carbocycles. The molecule has 2 N–H and O–H groups in total. The van der Waals surface area contributed by atoms with E-state index < -0.39 is 5.82 Å². The topological polar surface area (TPSA) is 79.8 Å². The molecule has 0 aliphatic heterocycles. The van der Waals surface area contributed by atoms with Crippen LogP contribution >= 0.6 is 0 Å².